The number of aldehydes is 1. The van der Waals surface area contributed by atoms with E-state index >= 15 is 0 Å². The molecule has 0 amide bonds. The molecular weight excluding hydrogens is 148 g/mol. The fraction of sp³-hybridized carbons (Fsp3) is 0.545. The molecule has 0 N–H and O–H groups in total. The van der Waals surface area contributed by atoms with E-state index in [1.54, 1.807) is 6.08 Å². The Hall–Kier alpha value is -0.850. The molecular formula is C11H16O. The summed E-state index contributed by atoms with van der Waals surface area (Å²) >= 11 is 0. The highest BCUT2D eigenvalue weighted by Gasteiger charge is 2.09. The van der Waals surface area contributed by atoms with E-state index in [0.717, 1.165) is 18.6 Å². The summed E-state index contributed by atoms with van der Waals surface area (Å²) in [7, 11) is 0. The van der Waals surface area contributed by atoms with Crippen molar-refractivity contribution in [3.05, 3.63) is 23.8 Å². The van der Waals surface area contributed by atoms with Crippen LogP contribution < -0.4 is 0 Å². The van der Waals surface area contributed by atoms with Gasteiger partial charge < -0.3 is 0 Å². The van der Waals surface area contributed by atoms with Crippen molar-refractivity contribution in [1.29, 1.82) is 0 Å². The Kier molecular flexibility index (Phi) is 3.78. The molecule has 1 aliphatic carbocycles. The zero-order chi connectivity index (χ0) is 8.81. The van der Waals surface area contributed by atoms with Gasteiger partial charge in [0.15, 0.2) is 0 Å². The molecule has 0 aliphatic heterocycles. The van der Waals surface area contributed by atoms with Gasteiger partial charge in [0.1, 0.15) is 6.29 Å². The molecule has 1 atom stereocenters. The summed E-state index contributed by atoms with van der Waals surface area (Å²) in [5.74, 6) is 0.770. The summed E-state index contributed by atoms with van der Waals surface area (Å²) in [6.45, 7) is 2.03. The fourth-order valence-electron chi connectivity index (χ4n) is 1.68. The summed E-state index contributed by atoms with van der Waals surface area (Å²) in [5, 5.41) is 0. The monoisotopic (exact) mass is 164 g/mol. The molecule has 0 saturated carbocycles. The van der Waals surface area contributed by atoms with Gasteiger partial charge in [0.2, 0.25) is 0 Å². The lowest BCUT2D eigenvalue weighted by Gasteiger charge is -2.17. The van der Waals surface area contributed by atoms with E-state index in [2.05, 4.69) is 12.2 Å². The maximum Gasteiger partial charge on any atom is 0.142 e. The number of carbonyl (C=O) groups is 1. The average molecular weight is 164 g/mol. The average Bonchev–Trinajstić information content (AvgIpc) is 2.06. The largest absolute Gasteiger partial charge is 0.299 e. The van der Waals surface area contributed by atoms with E-state index in [0.29, 0.717) is 0 Å². The minimum atomic E-state index is 0.770. The second-order valence-electron chi connectivity index (χ2n) is 3.50. The fourth-order valence-corrected chi connectivity index (χ4v) is 1.68. The first-order valence-corrected chi connectivity index (χ1v) is 4.59. The second-order valence-corrected chi connectivity index (χ2v) is 3.50. The molecule has 66 valence electrons. The third kappa shape index (κ3) is 3.04. The molecule has 1 aliphatic rings. The highest BCUT2D eigenvalue weighted by Crippen LogP contribution is 2.24. The highest BCUT2D eigenvalue weighted by atomic mass is 16.1. The number of hydrogen-bond acceptors (Lipinski definition) is 1. The van der Waals surface area contributed by atoms with Gasteiger partial charge in [-0.15, -0.1) is 0 Å². The molecule has 0 fully saturated rings. The van der Waals surface area contributed by atoms with Crippen molar-refractivity contribution in [2.75, 3.05) is 0 Å². The van der Waals surface area contributed by atoms with E-state index in [1.807, 2.05) is 6.92 Å². The Morgan fingerprint density at radius 2 is 2.42 bits per heavy atom. The smallest absolute Gasteiger partial charge is 0.142 e. The van der Waals surface area contributed by atoms with E-state index in [4.69, 9.17) is 0 Å². The Morgan fingerprint density at radius 1 is 1.58 bits per heavy atom. The van der Waals surface area contributed by atoms with Gasteiger partial charge in [-0.3, -0.25) is 4.79 Å². The molecule has 12 heavy (non-hydrogen) atoms. The van der Waals surface area contributed by atoms with Crippen molar-refractivity contribution < 1.29 is 4.79 Å². The number of allylic oxidation sites excluding steroid dienone is 4. The van der Waals surface area contributed by atoms with E-state index in [9.17, 15) is 4.79 Å². The summed E-state index contributed by atoms with van der Waals surface area (Å²) in [6, 6.07) is 0. The molecule has 0 spiro atoms. The topological polar surface area (TPSA) is 17.1 Å². The van der Waals surface area contributed by atoms with Crippen LogP contribution in [0.25, 0.3) is 0 Å². The van der Waals surface area contributed by atoms with E-state index in [1.165, 1.54) is 24.8 Å². The van der Waals surface area contributed by atoms with Crippen LogP contribution in [0.1, 0.15) is 32.6 Å². The highest BCUT2D eigenvalue weighted by molar-refractivity contribution is 5.65. The Morgan fingerprint density at radius 3 is 3.00 bits per heavy atom. The van der Waals surface area contributed by atoms with Gasteiger partial charge >= 0.3 is 0 Å². The summed E-state index contributed by atoms with van der Waals surface area (Å²) in [6.07, 6.45) is 11.8. The molecule has 0 bridgehead atoms. The van der Waals surface area contributed by atoms with Crippen molar-refractivity contribution in [1.82, 2.24) is 0 Å². The third-order valence-electron chi connectivity index (χ3n) is 2.34. The van der Waals surface area contributed by atoms with Crippen LogP contribution in [0.2, 0.25) is 0 Å². The van der Waals surface area contributed by atoms with Crippen LogP contribution in [-0.4, -0.2) is 6.29 Å². The van der Waals surface area contributed by atoms with Crippen LogP contribution in [0, 0.1) is 5.92 Å². The molecule has 0 radical (unpaired) electrons. The Labute approximate surface area is 74.2 Å². The third-order valence-corrected chi connectivity index (χ3v) is 2.34. The predicted octanol–water partition coefficient (Wildman–Crippen LogP) is 2.88. The molecule has 0 aromatic carbocycles. The van der Waals surface area contributed by atoms with Gasteiger partial charge in [-0.05, 0) is 44.6 Å². The maximum atomic E-state index is 10.2. The minimum Gasteiger partial charge on any atom is -0.299 e. The molecule has 0 heterocycles. The van der Waals surface area contributed by atoms with Crippen LogP contribution in [0.3, 0.4) is 0 Å². The number of hydrogen-bond donors (Lipinski definition) is 0. The van der Waals surface area contributed by atoms with Crippen LogP contribution in [0.4, 0.5) is 0 Å². The lowest BCUT2D eigenvalue weighted by Crippen LogP contribution is -2.02. The number of carbonyl (C=O) groups excluding carboxylic acids is 1. The quantitative estimate of drug-likeness (QED) is 0.356. The normalized spacial score (nSPS) is 24.1. The SMILES string of the molecule is CC(=CC=O)CC1CC=CCC1. The minimum absolute atomic E-state index is 0.770. The zero-order valence-corrected chi connectivity index (χ0v) is 7.62. The van der Waals surface area contributed by atoms with Gasteiger partial charge in [-0.1, -0.05) is 17.7 Å². The van der Waals surface area contributed by atoms with Gasteiger partial charge in [0.25, 0.3) is 0 Å². The Bertz CT molecular complexity index is 201. The standard InChI is InChI=1S/C11H16O/c1-10(7-8-12)9-11-5-3-2-4-6-11/h2-3,7-8,11H,4-6,9H2,1H3. The first-order chi connectivity index (χ1) is 5.83. The van der Waals surface area contributed by atoms with Crippen LogP contribution in [-0.2, 0) is 4.79 Å². The zero-order valence-electron chi connectivity index (χ0n) is 7.62. The van der Waals surface area contributed by atoms with E-state index < -0.39 is 0 Å². The van der Waals surface area contributed by atoms with Crippen molar-refractivity contribution in [3.63, 3.8) is 0 Å². The molecule has 1 rings (SSSR count). The molecule has 0 aromatic rings. The first-order valence-electron chi connectivity index (χ1n) is 4.59. The van der Waals surface area contributed by atoms with Crippen molar-refractivity contribution in [2.24, 2.45) is 5.92 Å². The molecule has 1 unspecified atom stereocenters. The van der Waals surface area contributed by atoms with E-state index in [-0.39, 0.29) is 0 Å². The molecule has 0 saturated heterocycles. The lowest BCUT2D eigenvalue weighted by atomic mass is 9.89. The summed E-state index contributed by atoms with van der Waals surface area (Å²) < 4.78 is 0. The van der Waals surface area contributed by atoms with Crippen molar-refractivity contribution in [2.45, 2.75) is 32.6 Å². The van der Waals surface area contributed by atoms with Crippen molar-refractivity contribution >= 4 is 6.29 Å². The van der Waals surface area contributed by atoms with Gasteiger partial charge in [-0.25, -0.2) is 0 Å². The maximum absolute atomic E-state index is 10.2. The molecule has 1 heteroatoms. The van der Waals surface area contributed by atoms with Gasteiger partial charge in [-0.2, -0.15) is 0 Å². The summed E-state index contributed by atoms with van der Waals surface area (Å²) in [5.41, 5.74) is 1.21. The first kappa shape index (κ1) is 9.24. The summed E-state index contributed by atoms with van der Waals surface area (Å²) in [4.78, 5) is 10.2. The predicted molar refractivity (Wildman–Crippen MR) is 50.9 cm³/mol. The van der Waals surface area contributed by atoms with Gasteiger partial charge in [0, 0.05) is 0 Å². The van der Waals surface area contributed by atoms with Crippen molar-refractivity contribution in [3.8, 4) is 0 Å². The Balaban J connectivity index is 2.35. The second kappa shape index (κ2) is 4.91. The number of rotatable bonds is 3. The van der Waals surface area contributed by atoms with Crippen LogP contribution in [0.15, 0.2) is 23.8 Å². The van der Waals surface area contributed by atoms with Gasteiger partial charge in [0.05, 0.1) is 0 Å². The molecule has 1 nitrogen and oxygen atoms in total. The lowest BCUT2D eigenvalue weighted by molar-refractivity contribution is -0.104. The van der Waals surface area contributed by atoms with Crippen LogP contribution >= 0.6 is 0 Å². The van der Waals surface area contributed by atoms with Crippen LogP contribution in [0.5, 0.6) is 0 Å². The molecule has 0 aromatic heterocycles.